The summed E-state index contributed by atoms with van der Waals surface area (Å²) in [4.78, 5) is 12.1. The summed E-state index contributed by atoms with van der Waals surface area (Å²) in [6.45, 7) is 0.348. The van der Waals surface area contributed by atoms with Crippen LogP contribution in [0.2, 0.25) is 10.0 Å². The number of nitrogens with one attached hydrogen (secondary N) is 1. The maximum atomic E-state index is 12.1. The Morgan fingerprint density at radius 1 is 1.04 bits per heavy atom. The highest BCUT2D eigenvalue weighted by atomic mass is 35.5. The average Bonchev–Trinajstić information content (AvgIpc) is 2.56. The molecule has 0 saturated heterocycles. The number of hydrogen-bond acceptors (Lipinski definition) is 3. The van der Waals surface area contributed by atoms with Gasteiger partial charge < -0.3 is 14.8 Å². The normalized spacial score (nSPS) is 10.3. The van der Waals surface area contributed by atoms with Crippen LogP contribution < -0.4 is 14.8 Å². The summed E-state index contributed by atoms with van der Waals surface area (Å²) in [5.74, 6) is 1.29. The highest BCUT2D eigenvalue weighted by Crippen LogP contribution is 2.24. The highest BCUT2D eigenvalue weighted by molar-refractivity contribution is 6.42. The van der Waals surface area contributed by atoms with Crippen molar-refractivity contribution in [3.8, 4) is 11.5 Å². The molecule has 0 saturated carbocycles. The lowest BCUT2D eigenvalue weighted by atomic mass is 10.1. The Morgan fingerprint density at radius 2 is 1.83 bits per heavy atom. The summed E-state index contributed by atoms with van der Waals surface area (Å²) < 4.78 is 10.5. The van der Waals surface area contributed by atoms with Gasteiger partial charge in [0.25, 0.3) is 0 Å². The largest absolute Gasteiger partial charge is 0.497 e. The number of rotatable bonds is 6. The van der Waals surface area contributed by atoms with Crippen molar-refractivity contribution in [1.82, 2.24) is 5.32 Å². The third-order valence-electron chi connectivity index (χ3n) is 3.31. The molecule has 0 fully saturated rings. The molecule has 2 aromatic rings. The molecular formula is C17H17Cl2NO3. The highest BCUT2D eigenvalue weighted by Gasteiger charge is 2.09. The van der Waals surface area contributed by atoms with E-state index in [-0.39, 0.29) is 12.3 Å². The number of benzene rings is 2. The first-order chi connectivity index (χ1) is 11.0. The second-order valence-corrected chi connectivity index (χ2v) is 5.69. The maximum Gasteiger partial charge on any atom is 0.224 e. The van der Waals surface area contributed by atoms with Crippen LogP contribution in [0.1, 0.15) is 11.1 Å². The van der Waals surface area contributed by atoms with E-state index in [1.54, 1.807) is 44.6 Å². The van der Waals surface area contributed by atoms with E-state index in [2.05, 4.69) is 5.32 Å². The Kier molecular flexibility index (Phi) is 6.13. The third kappa shape index (κ3) is 4.78. The van der Waals surface area contributed by atoms with E-state index < -0.39 is 0 Å². The summed E-state index contributed by atoms with van der Waals surface area (Å²) in [5.41, 5.74) is 1.64. The van der Waals surface area contributed by atoms with Gasteiger partial charge in [0, 0.05) is 12.1 Å². The molecule has 0 bridgehead atoms. The first-order valence-corrected chi connectivity index (χ1v) is 7.70. The monoisotopic (exact) mass is 353 g/mol. The molecule has 122 valence electrons. The van der Waals surface area contributed by atoms with Crippen LogP contribution in [0.3, 0.4) is 0 Å². The Balaban J connectivity index is 2.00. The molecule has 0 spiro atoms. The molecule has 6 heteroatoms. The Morgan fingerprint density at radius 3 is 2.48 bits per heavy atom. The smallest absolute Gasteiger partial charge is 0.224 e. The lowest BCUT2D eigenvalue weighted by Gasteiger charge is -2.11. The van der Waals surface area contributed by atoms with Crippen LogP contribution in [0, 0.1) is 0 Å². The standard InChI is InChI=1S/C17H17Cl2NO3/c1-22-13-4-6-16(23-2)12(9-13)10-20-17(21)8-11-3-5-14(18)15(19)7-11/h3-7,9H,8,10H2,1-2H3,(H,20,21). The van der Waals surface area contributed by atoms with Crippen LogP contribution >= 0.6 is 23.2 Å². The Labute approximate surface area is 145 Å². The van der Waals surface area contributed by atoms with Gasteiger partial charge in [-0.1, -0.05) is 29.3 Å². The molecule has 0 heterocycles. The minimum atomic E-state index is -0.117. The third-order valence-corrected chi connectivity index (χ3v) is 4.05. The average molecular weight is 354 g/mol. The van der Waals surface area contributed by atoms with E-state index >= 15 is 0 Å². The molecule has 0 aliphatic heterocycles. The number of ether oxygens (including phenoxy) is 2. The minimum Gasteiger partial charge on any atom is -0.497 e. The first-order valence-electron chi connectivity index (χ1n) is 6.95. The fraction of sp³-hybridized carbons (Fsp3) is 0.235. The summed E-state index contributed by atoms with van der Waals surface area (Å²) in [6, 6.07) is 10.6. The van der Waals surface area contributed by atoms with Gasteiger partial charge in [-0.15, -0.1) is 0 Å². The number of carbonyl (C=O) groups excluding carboxylic acids is 1. The molecule has 0 aliphatic carbocycles. The predicted octanol–water partition coefficient (Wildman–Crippen LogP) is 3.87. The van der Waals surface area contributed by atoms with Crippen LogP contribution in [0.5, 0.6) is 11.5 Å². The van der Waals surface area contributed by atoms with E-state index in [9.17, 15) is 4.79 Å². The molecule has 1 N–H and O–H groups in total. The zero-order chi connectivity index (χ0) is 16.8. The van der Waals surface area contributed by atoms with Crippen molar-refractivity contribution in [1.29, 1.82) is 0 Å². The van der Waals surface area contributed by atoms with Crippen molar-refractivity contribution in [2.75, 3.05) is 14.2 Å². The van der Waals surface area contributed by atoms with Gasteiger partial charge in [0.05, 0.1) is 30.7 Å². The Bertz CT molecular complexity index is 704. The van der Waals surface area contributed by atoms with Crippen molar-refractivity contribution in [3.63, 3.8) is 0 Å². The zero-order valence-corrected chi connectivity index (χ0v) is 14.4. The van der Waals surface area contributed by atoms with E-state index in [4.69, 9.17) is 32.7 Å². The van der Waals surface area contributed by atoms with Crippen LogP contribution in [0.25, 0.3) is 0 Å². The van der Waals surface area contributed by atoms with Crippen LogP contribution in [0.4, 0.5) is 0 Å². The molecule has 0 unspecified atom stereocenters. The quantitative estimate of drug-likeness (QED) is 0.857. The molecular weight excluding hydrogens is 337 g/mol. The summed E-state index contributed by atoms with van der Waals surface area (Å²) in [5, 5.41) is 3.76. The first kappa shape index (κ1) is 17.4. The zero-order valence-electron chi connectivity index (χ0n) is 12.9. The maximum absolute atomic E-state index is 12.1. The molecule has 23 heavy (non-hydrogen) atoms. The van der Waals surface area contributed by atoms with E-state index in [1.165, 1.54) is 0 Å². The van der Waals surface area contributed by atoms with Crippen molar-refractivity contribution in [3.05, 3.63) is 57.6 Å². The number of methoxy groups -OCH3 is 2. The van der Waals surface area contributed by atoms with Gasteiger partial charge in [0.15, 0.2) is 0 Å². The van der Waals surface area contributed by atoms with Crippen molar-refractivity contribution in [2.45, 2.75) is 13.0 Å². The van der Waals surface area contributed by atoms with E-state index in [0.29, 0.717) is 28.1 Å². The van der Waals surface area contributed by atoms with Crippen molar-refractivity contribution in [2.24, 2.45) is 0 Å². The van der Waals surface area contributed by atoms with Crippen molar-refractivity contribution < 1.29 is 14.3 Å². The number of halogens is 2. The summed E-state index contributed by atoms with van der Waals surface area (Å²) >= 11 is 11.8. The van der Waals surface area contributed by atoms with Gasteiger partial charge in [-0.3, -0.25) is 4.79 Å². The SMILES string of the molecule is COc1ccc(OC)c(CNC(=O)Cc2ccc(Cl)c(Cl)c2)c1. The molecule has 4 nitrogen and oxygen atoms in total. The van der Waals surface area contributed by atoms with E-state index in [1.807, 2.05) is 6.07 Å². The molecule has 0 aromatic heterocycles. The minimum absolute atomic E-state index is 0.117. The topological polar surface area (TPSA) is 47.6 Å². The summed E-state index contributed by atoms with van der Waals surface area (Å²) in [6.07, 6.45) is 0.225. The van der Waals surface area contributed by atoms with Crippen LogP contribution in [-0.2, 0) is 17.8 Å². The fourth-order valence-electron chi connectivity index (χ4n) is 2.11. The lowest BCUT2D eigenvalue weighted by molar-refractivity contribution is -0.120. The molecule has 2 aromatic carbocycles. The van der Waals surface area contributed by atoms with Gasteiger partial charge >= 0.3 is 0 Å². The van der Waals surface area contributed by atoms with Gasteiger partial charge in [-0.05, 0) is 35.9 Å². The number of hydrogen-bond donors (Lipinski definition) is 1. The van der Waals surface area contributed by atoms with Gasteiger partial charge in [0.2, 0.25) is 5.91 Å². The predicted molar refractivity (Wildman–Crippen MR) is 91.6 cm³/mol. The molecule has 0 atom stereocenters. The number of carbonyl (C=O) groups is 1. The van der Waals surface area contributed by atoms with Crippen molar-refractivity contribution >= 4 is 29.1 Å². The lowest BCUT2D eigenvalue weighted by Crippen LogP contribution is -2.24. The molecule has 0 radical (unpaired) electrons. The molecule has 1 amide bonds. The second kappa shape index (κ2) is 8.09. The molecule has 2 rings (SSSR count). The van der Waals surface area contributed by atoms with Crippen LogP contribution in [0.15, 0.2) is 36.4 Å². The van der Waals surface area contributed by atoms with Gasteiger partial charge in [-0.25, -0.2) is 0 Å². The van der Waals surface area contributed by atoms with Gasteiger partial charge in [0.1, 0.15) is 11.5 Å². The second-order valence-electron chi connectivity index (χ2n) is 4.88. The van der Waals surface area contributed by atoms with Gasteiger partial charge in [-0.2, -0.15) is 0 Å². The Hall–Kier alpha value is -1.91. The fourth-order valence-corrected chi connectivity index (χ4v) is 2.43. The number of amides is 1. The van der Waals surface area contributed by atoms with Crippen LogP contribution in [-0.4, -0.2) is 20.1 Å². The molecule has 0 aliphatic rings. The summed E-state index contributed by atoms with van der Waals surface area (Å²) in [7, 11) is 3.18. The van der Waals surface area contributed by atoms with E-state index in [0.717, 1.165) is 11.1 Å².